The number of anilines is 1. The maximum absolute atomic E-state index is 10.7. The van der Waals surface area contributed by atoms with Gasteiger partial charge in [0.25, 0.3) is 0 Å². The summed E-state index contributed by atoms with van der Waals surface area (Å²) in [5.74, 6) is 0.943. The van der Waals surface area contributed by atoms with Crippen LogP contribution in [0, 0.1) is 16.7 Å². The van der Waals surface area contributed by atoms with Crippen LogP contribution in [0.1, 0.15) is 51.5 Å². The second-order valence-corrected chi connectivity index (χ2v) is 10.3. The number of nitriles is 1. The number of rotatable bonds is 4. The van der Waals surface area contributed by atoms with E-state index in [-0.39, 0.29) is 10.8 Å². The van der Waals surface area contributed by atoms with Crippen molar-refractivity contribution in [1.82, 2.24) is 14.8 Å². The molecule has 6 heteroatoms. The van der Waals surface area contributed by atoms with Crippen LogP contribution in [0.2, 0.25) is 0 Å². The van der Waals surface area contributed by atoms with Gasteiger partial charge in [-0.1, -0.05) is 12.1 Å². The number of hydrogen-bond donors (Lipinski definition) is 1. The molecule has 3 aromatic rings. The molecule has 2 saturated carbocycles. The quantitative estimate of drug-likeness (QED) is 0.697. The number of aromatic nitrogens is 3. The summed E-state index contributed by atoms with van der Waals surface area (Å²) in [6, 6.07) is 13.4. The van der Waals surface area contributed by atoms with Crippen molar-refractivity contribution in [2.45, 2.75) is 63.0 Å². The summed E-state index contributed by atoms with van der Waals surface area (Å²) < 4.78 is 1.96. The molecule has 2 aromatic heterocycles. The van der Waals surface area contributed by atoms with Crippen LogP contribution in [0.4, 0.5) is 5.82 Å². The van der Waals surface area contributed by atoms with E-state index in [0.717, 1.165) is 66.6 Å². The third-order valence-corrected chi connectivity index (χ3v) is 8.28. The van der Waals surface area contributed by atoms with Crippen molar-refractivity contribution >= 4 is 16.7 Å². The van der Waals surface area contributed by atoms with Crippen LogP contribution in [-0.4, -0.2) is 38.1 Å². The van der Waals surface area contributed by atoms with Gasteiger partial charge in [0, 0.05) is 35.7 Å². The first-order valence-electron chi connectivity index (χ1n) is 11.2. The van der Waals surface area contributed by atoms with Crippen molar-refractivity contribution in [3.8, 4) is 11.8 Å². The largest absolute Gasteiger partial charge is 0.390 e. The van der Waals surface area contributed by atoms with Crippen LogP contribution in [0.3, 0.4) is 0 Å². The van der Waals surface area contributed by atoms with E-state index in [4.69, 9.17) is 0 Å². The van der Waals surface area contributed by atoms with Gasteiger partial charge in [0.15, 0.2) is 0 Å². The Morgan fingerprint density at radius 1 is 1.19 bits per heavy atom. The molecule has 4 fully saturated rings. The average molecular weight is 414 g/mol. The van der Waals surface area contributed by atoms with Gasteiger partial charge in [-0.2, -0.15) is 10.4 Å². The Hall–Kier alpha value is -2.91. The number of hydrogen-bond acceptors (Lipinski definition) is 5. The number of benzene rings is 1. The molecular formula is C25H27N5O. The highest BCUT2D eigenvalue weighted by molar-refractivity contribution is 5.81. The Bertz CT molecular complexity index is 1220. The minimum Gasteiger partial charge on any atom is -0.390 e. The lowest BCUT2D eigenvalue weighted by Gasteiger charge is -2.45. The van der Waals surface area contributed by atoms with E-state index in [0.29, 0.717) is 6.04 Å². The molecule has 1 aromatic carbocycles. The third kappa shape index (κ3) is 2.53. The molecule has 0 spiro atoms. The first kappa shape index (κ1) is 18.8. The average Bonchev–Trinajstić information content (AvgIpc) is 3.38. The maximum atomic E-state index is 10.7. The normalized spacial score (nSPS) is 26.4. The Balaban J connectivity index is 1.37. The smallest absolute Gasteiger partial charge is 0.130 e. The Kier molecular flexibility index (Phi) is 3.69. The monoisotopic (exact) mass is 413 g/mol. The zero-order chi connectivity index (χ0) is 21.4. The predicted molar refractivity (Wildman–Crippen MR) is 119 cm³/mol. The number of nitrogens with zero attached hydrogens (tertiary/aromatic N) is 5. The van der Waals surface area contributed by atoms with Crippen molar-refractivity contribution in [3.05, 3.63) is 48.3 Å². The molecular weight excluding hydrogens is 386 g/mol. The maximum Gasteiger partial charge on any atom is 0.130 e. The Morgan fingerprint density at radius 2 is 2.00 bits per heavy atom. The van der Waals surface area contributed by atoms with Crippen LogP contribution in [0.15, 0.2) is 42.7 Å². The summed E-state index contributed by atoms with van der Waals surface area (Å²) in [5.41, 5.74) is 2.04. The van der Waals surface area contributed by atoms with Gasteiger partial charge in [0.05, 0.1) is 34.5 Å². The predicted octanol–water partition coefficient (Wildman–Crippen LogP) is 4.11. The lowest BCUT2D eigenvalue weighted by Crippen LogP contribution is -2.50. The molecule has 7 rings (SSSR count). The molecule has 0 amide bonds. The van der Waals surface area contributed by atoms with Gasteiger partial charge < -0.3 is 10.0 Å². The highest BCUT2D eigenvalue weighted by atomic mass is 16.3. The van der Waals surface area contributed by atoms with E-state index in [9.17, 15) is 10.4 Å². The first-order valence-corrected chi connectivity index (χ1v) is 11.2. The molecule has 4 heterocycles. The summed E-state index contributed by atoms with van der Waals surface area (Å²) in [4.78, 5) is 7.00. The Morgan fingerprint density at radius 3 is 2.65 bits per heavy atom. The number of fused-ring (bicyclic) bond motifs is 2. The van der Waals surface area contributed by atoms with Crippen molar-refractivity contribution in [2.24, 2.45) is 5.41 Å². The van der Waals surface area contributed by atoms with E-state index in [1.807, 2.05) is 37.0 Å². The molecule has 31 heavy (non-hydrogen) atoms. The van der Waals surface area contributed by atoms with Gasteiger partial charge in [0.1, 0.15) is 5.82 Å². The van der Waals surface area contributed by atoms with Crippen LogP contribution in [-0.2, 0) is 5.41 Å². The second kappa shape index (κ2) is 6.08. The van der Waals surface area contributed by atoms with Crippen molar-refractivity contribution in [3.63, 3.8) is 0 Å². The number of pyridine rings is 1. The summed E-state index contributed by atoms with van der Waals surface area (Å²) in [5, 5.41) is 26.1. The first-order chi connectivity index (χ1) is 14.8. The second-order valence-electron chi connectivity index (χ2n) is 10.3. The standard InChI is InChI=1S/C25H27N5O/c1-23(2,31)25-12-20(13-25)29(16-25)22-11-19(6-9-27-22)30-21-10-18(5-4-17(21)14-28-30)24(15-26)7-3-8-24/h4-6,9-11,14,20,31H,3,7-8,12-13,16H2,1-2H3. The van der Waals surface area contributed by atoms with E-state index in [2.05, 4.69) is 45.3 Å². The molecule has 0 unspecified atom stereocenters. The minimum absolute atomic E-state index is 0.0307. The lowest BCUT2D eigenvalue weighted by molar-refractivity contribution is -0.0754. The van der Waals surface area contributed by atoms with E-state index >= 15 is 0 Å². The highest BCUT2D eigenvalue weighted by Gasteiger charge is 2.62. The van der Waals surface area contributed by atoms with Crippen molar-refractivity contribution in [2.75, 3.05) is 11.4 Å². The van der Waals surface area contributed by atoms with Crippen molar-refractivity contribution < 1.29 is 5.11 Å². The molecule has 0 radical (unpaired) electrons. The van der Waals surface area contributed by atoms with Crippen LogP contribution >= 0.6 is 0 Å². The fourth-order valence-electron chi connectivity index (χ4n) is 5.82. The molecule has 0 atom stereocenters. The summed E-state index contributed by atoms with van der Waals surface area (Å²) in [6.07, 6.45) is 8.75. The van der Waals surface area contributed by atoms with Crippen LogP contribution in [0.5, 0.6) is 0 Å². The highest BCUT2D eigenvalue weighted by Crippen LogP contribution is 2.58. The summed E-state index contributed by atoms with van der Waals surface area (Å²) in [7, 11) is 0. The van der Waals surface area contributed by atoms with E-state index < -0.39 is 5.60 Å². The zero-order valence-electron chi connectivity index (χ0n) is 18.0. The topological polar surface area (TPSA) is 78.0 Å². The SMILES string of the molecule is CC(C)(O)C12CC(C1)N(c1cc(-n3ncc4ccc(C5(C#N)CCC5)cc43)ccn1)C2. The van der Waals surface area contributed by atoms with Gasteiger partial charge in [-0.15, -0.1) is 0 Å². The van der Waals surface area contributed by atoms with Gasteiger partial charge in [-0.25, -0.2) is 9.67 Å². The third-order valence-electron chi connectivity index (χ3n) is 8.28. The molecule has 1 N–H and O–H groups in total. The molecule has 158 valence electrons. The molecule has 2 saturated heterocycles. The molecule has 6 nitrogen and oxygen atoms in total. The molecule has 2 aliphatic heterocycles. The summed E-state index contributed by atoms with van der Waals surface area (Å²) in [6.45, 7) is 4.70. The van der Waals surface area contributed by atoms with Gasteiger partial charge in [-0.05, 0) is 63.6 Å². The molecule has 2 aliphatic carbocycles. The van der Waals surface area contributed by atoms with Crippen LogP contribution in [0.25, 0.3) is 16.6 Å². The number of aliphatic hydroxyl groups is 1. The molecule has 4 aliphatic rings. The fraction of sp³-hybridized carbons (Fsp3) is 0.480. The molecule has 2 bridgehead atoms. The van der Waals surface area contributed by atoms with Gasteiger partial charge in [0.2, 0.25) is 0 Å². The van der Waals surface area contributed by atoms with E-state index in [1.54, 1.807) is 0 Å². The van der Waals surface area contributed by atoms with Gasteiger partial charge >= 0.3 is 0 Å². The minimum atomic E-state index is -0.678. The summed E-state index contributed by atoms with van der Waals surface area (Å²) >= 11 is 0. The van der Waals surface area contributed by atoms with E-state index in [1.165, 1.54) is 0 Å². The lowest BCUT2D eigenvalue weighted by atomic mass is 9.61. The Labute approximate surface area is 182 Å². The van der Waals surface area contributed by atoms with Gasteiger partial charge in [-0.3, -0.25) is 0 Å². The van der Waals surface area contributed by atoms with Crippen LogP contribution < -0.4 is 4.90 Å². The van der Waals surface area contributed by atoms with Crippen molar-refractivity contribution in [1.29, 1.82) is 5.26 Å². The zero-order valence-corrected chi connectivity index (χ0v) is 18.0. The fourth-order valence-corrected chi connectivity index (χ4v) is 5.82.